The summed E-state index contributed by atoms with van der Waals surface area (Å²) in [6, 6.07) is 36.1. The number of ether oxygens (including phenoxy) is 2. The minimum atomic E-state index is -1.73. The number of aromatic hydroxyl groups is 1. The molecular weight excluding hydrogens is 793 g/mol. The molecule has 11 nitrogen and oxygen atoms in total. The van der Waals surface area contributed by atoms with Crippen molar-refractivity contribution in [3.8, 4) is 17.6 Å². The molecule has 4 fully saturated rings. The van der Waals surface area contributed by atoms with Gasteiger partial charge in [0.05, 0.1) is 31.2 Å². The third-order valence-corrected chi connectivity index (χ3v) is 13.7. The van der Waals surface area contributed by atoms with E-state index in [0.29, 0.717) is 54.1 Å². The van der Waals surface area contributed by atoms with E-state index in [4.69, 9.17) is 9.47 Å². The summed E-state index contributed by atoms with van der Waals surface area (Å²) in [5.74, 6) is 3.53. The van der Waals surface area contributed by atoms with E-state index in [1.54, 1.807) is 30.3 Å². The normalized spacial score (nSPS) is 26.4. The average molecular weight is 843 g/mol. The number of nitrogens with one attached hydrogen (secondary N) is 2. The molecule has 4 N–H and O–H groups in total. The summed E-state index contributed by atoms with van der Waals surface area (Å²) in [6.07, 6.45) is 4.22. The van der Waals surface area contributed by atoms with Gasteiger partial charge in [-0.25, -0.2) is 0 Å². The van der Waals surface area contributed by atoms with Gasteiger partial charge in [-0.1, -0.05) is 97.5 Å². The van der Waals surface area contributed by atoms with Crippen molar-refractivity contribution in [3.63, 3.8) is 0 Å². The number of carbonyl (C=O) groups is 3. The van der Waals surface area contributed by atoms with E-state index in [-0.39, 0.29) is 5.75 Å². The second-order valence-electron chi connectivity index (χ2n) is 17.4. The highest BCUT2D eigenvalue weighted by Gasteiger charge is 2.74. The van der Waals surface area contributed by atoms with E-state index < -0.39 is 58.9 Å². The molecule has 5 aliphatic rings. The number of phenolic OH excluding ortho intramolecular Hbond substituents is 1. The predicted octanol–water partition coefficient (Wildman–Crippen LogP) is 7.58. The Hall–Kier alpha value is -6.45. The summed E-state index contributed by atoms with van der Waals surface area (Å²) in [7, 11) is 0. The highest BCUT2D eigenvalue weighted by molar-refractivity contribution is 6.13. The first-order valence-electron chi connectivity index (χ1n) is 22.1. The first kappa shape index (κ1) is 40.6. The number of aliphatic hydroxyl groups is 1. The summed E-state index contributed by atoms with van der Waals surface area (Å²) in [5, 5.41) is 28.5. The molecule has 1 saturated carbocycles. The summed E-state index contributed by atoms with van der Waals surface area (Å²) in [4.78, 5) is 50.5. The van der Waals surface area contributed by atoms with Crippen LogP contribution >= 0.6 is 0 Å². The molecule has 0 aromatic heterocycles. The van der Waals surface area contributed by atoms with Gasteiger partial charge in [-0.15, -0.1) is 0 Å². The molecule has 1 spiro atoms. The number of benzene rings is 5. The Balaban J connectivity index is 1.18. The second kappa shape index (κ2) is 16.7. The van der Waals surface area contributed by atoms with Crippen LogP contribution in [0.1, 0.15) is 84.5 Å². The van der Waals surface area contributed by atoms with Crippen molar-refractivity contribution >= 4 is 34.8 Å². The molecule has 4 heterocycles. The first-order chi connectivity index (χ1) is 30.7. The van der Waals surface area contributed by atoms with E-state index in [0.717, 1.165) is 55.6 Å². The van der Waals surface area contributed by atoms with Crippen LogP contribution < -0.4 is 15.5 Å². The summed E-state index contributed by atoms with van der Waals surface area (Å²) in [6.45, 7) is 2.76. The molecule has 4 aliphatic heterocycles. The van der Waals surface area contributed by atoms with Crippen LogP contribution in [-0.2, 0) is 29.3 Å². The fourth-order valence-electron chi connectivity index (χ4n) is 10.8. The minimum Gasteiger partial charge on any atom is -0.508 e. The molecule has 1 aliphatic carbocycles. The van der Waals surface area contributed by atoms with Crippen molar-refractivity contribution in [2.24, 2.45) is 5.92 Å². The van der Waals surface area contributed by atoms with Crippen LogP contribution in [0.25, 0.3) is 0 Å². The van der Waals surface area contributed by atoms with E-state index in [9.17, 15) is 10.2 Å². The molecule has 0 radical (unpaired) electrons. The van der Waals surface area contributed by atoms with Crippen LogP contribution in [0.15, 0.2) is 127 Å². The average Bonchev–Trinajstić information content (AvgIpc) is 3.68. The lowest BCUT2D eigenvalue weighted by Gasteiger charge is -2.46. The highest BCUT2D eigenvalue weighted by atomic mass is 16.6. The zero-order valence-corrected chi connectivity index (χ0v) is 34.9. The minimum absolute atomic E-state index is 0.0299. The fraction of sp³-hybridized carbons (Fsp3) is 0.327. The maximum atomic E-state index is 15.6. The number of amides is 2. The molecule has 0 bridgehead atoms. The van der Waals surface area contributed by atoms with E-state index in [2.05, 4.69) is 27.4 Å². The Kier molecular flexibility index (Phi) is 10.8. The zero-order valence-electron chi connectivity index (χ0n) is 34.9. The molecule has 10 rings (SSSR count). The van der Waals surface area contributed by atoms with Gasteiger partial charge in [-0.3, -0.25) is 19.3 Å². The number of anilines is 3. The third kappa shape index (κ3) is 7.32. The van der Waals surface area contributed by atoms with Crippen LogP contribution in [0.5, 0.6) is 5.75 Å². The Bertz CT molecular complexity index is 2560. The van der Waals surface area contributed by atoms with Gasteiger partial charge in [0.1, 0.15) is 28.9 Å². The van der Waals surface area contributed by atoms with Crippen molar-refractivity contribution in [3.05, 3.63) is 155 Å². The number of esters is 1. The van der Waals surface area contributed by atoms with Crippen molar-refractivity contribution in [1.82, 2.24) is 4.90 Å². The van der Waals surface area contributed by atoms with Gasteiger partial charge in [-0.05, 0) is 103 Å². The van der Waals surface area contributed by atoms with Gasteiger partial charge in [0, 0.05) is 35.7 Å². The van der Waals surface area contributed by atoms with E-state index in [1.165, 1.54) is 0 Å². The molecule has 5 aromatic carbocycles. The fourth-order valence-corrected chi connectivity index (χ4v) is 10.8. The number of phenols is 1. The number of morpholine rings is 2. The summed E-state index contributed by atoms with van der Waals surface area (Å²) >= 11 is 0. The number of nitrogens with zero attached hydrogens (tertiary/aromatic N) is 2. The van der Waals surface area contributed by atoms with Gasteiger partial charge < -0.3 is 35.2 Å². The first-order valence-corrected chi connectivity index (χ1v) is 22.1. The van der Waals surface area contributed by atoms with Gasteiger partial charge in [0.25, 0.3) is 0 Å². The van der Waals surface area contributed by atoms with Crippen LogP contribution in [0, 0.1) is 17.8 Å². The molecule has 3 saturated heterocycles. The Morgan fingerprint density at radius 3 is 2.11 bits per heavy atom. The highest BCUT2D eigenvalue weighted by Crippen LogP contribution is 2.65. The maximum Gasteiger partial charge on any atom is 0.324 e. The number of hydrogen-bond donors (Lipinski definition) is 4. The third-order valence-electron chi connectivity index (χ3n) is 13.7. The molecule has 63 heavy (non-hydrogen) atoms. The van der Waals surface area contributed by atoms with Crippen LogP contribution in [-0.4, -0.2) is 70.8 Å². The molecule has 0 unspecified atom stereocenters. The van der Waals surface area contributed by atoms with Crippen LogP contribution in [0.3, 0.4) is 0 Å². The van der Waals surface area contributed by atoms with Crippen molar-refractivity contribution in [2.45, 2.75) is 73.8 Å². The van der Waals surface area contributed by atoms with Gasteiger partial charge in [-0.2, -0.15) is 0 Å². The smallest absolute Gasteiger partial charge is 0.324 e. The molecule has 320 valence electrons. The largest absolute Gasteiger partial charge is 0.508 e. The topological polar surface area (TPSA) is 141 Å². The number of rotatable bonds is 6. The maximum absolute atomic E-state index is 15.6. The second-order valence-corrected chi connectivity index (χ2v) is 17.4. The molecule has 2 amide bonds. The van der Waals surface area contributed by atoms with Crippen molar-refractivity contribution < 1.29 is 34.1 Å². The van der Waals surface area contributed by atoms with Crippen LogP contribution in [0.2, 0.25) is 0 Å². The molecule has 11 heteroatoms. The quantitative estimate of drug-likeness (QED) is 0.0774. The van der Waals surface area contributed by atoms with Gasteiger partial charge >= 0.3 is 5.97 Å². The SMILES string of the molecule is O=C1O[C@H](c2ccccc2)[C@H](c2ccccc2)N2[C@H]1[C@@H](C(=O)Nc1ccc(N3CCOCC3)cc1)[C@]1(C(=O)Nc3ccc(C#CC4(O)CCCCCC4)cc31)[C@H]2c1ccc(O)cc1. The number of fused-ring (bicyclic) bond motifs is 3. The monoisotopic (exact) mass is 842 g/mol. The van der Waals surface area contributed by atoms with Crippen molar-refractivity contribution in [1.29, 1.82) is 0 Å². The standard InChI is InChI=1S/C52H50N4O7/c57-40-22-16-37(17-23-40)47-52(41-33-34(15-24-42(41)54-50(52)60)25-28-51(61)26-9-1-2-10-27-51)43(48(58)53-38-18-20-39(21-19-38)55-29-31-62-32-30-55)45-49(59)63-46(36-13-7-4-8-14-36)44(56(45)47)35-11-5-3-6-12-35/h3-8,11-24,33,43-47,57,61H,1-2,9-10,26-27,29-32H2,(H,53,58)(H,54,60)/t43-,44-,45-,46+,47+,52-/m0/s1. The van der Waals surface area contributed by atoms with E-state index >= 15 is 14.4 Å². The lowest BCUT2D eigenvalue weighted by molar-refractivity contribution is -0.177. The summed E-state index contributed by atoms with van der Waals surface area (Å²) < 4.78 is 12.1. The number of carbonyl (C=O) groups excluding carboxylic acids is 3. The van der Waals surface area contributed by atoms with Crippen LogP contribution in [0.4, 0.5) is 17.1 Å². The number of cyclic esters (lactones) is 1. The molecular formula is C52H50N4O7. The lowest BCUT2D eigenvalue weighted by atomic mass is 9.65. The Morgan fingerprint density at radius 1 is 0.762 bits per heavy atom. The Morgan fingerprint density at radius 2 is 1.43 bits per heavy atom. The molecule has 6 atom stereocenters. The van der Waals surface area contributed by atoms with Crippen molar-refractivity contribution in [2.75, 3.05) is 41.8 Å². The van der Waals surface area contributed by atoms with E-state index in [1.807, 2.05) is 102 Å². The predicted molar refractivity (Wildman–Crippen MR) is 239 cm³/mol. The lowest BCUT2D eigenvalue weighted by Crippen LogP contribution is -2.53. The molecule has 5 aromatic rings. The van der Waals surface area contributed by atoms with Gasteiger partial charge in [0.15, 0.2) is 0 Å². The number of hydrogen-bond acceptors (Lipinski definition) is 9. The Labute approximate surface area is 367 Å². The summed E-state index contributed by atoms with van der Waals surface area (Å²) in [5.41, 5.74) is 2.42. The van der Waals surface area contributed by atoms with Gasteiger partial charge in [0.2, 0.25) is 11.8 Å². The zero-order chi connectivity index (χ0) is 43.1.